The molecule has 334 valence electrons. The summed E-state index contributed by atoms with van der Waals surface area (Å²) in [5, 5.41) is 13.1. The van der Waals surface area contributed by atoms with Crippen molar-refractivity contribution in [1.29, 1.82) is 16.3 Å². The van der Waals surface area contributed by atoms with Crippen LogP contribution in [-0.2, 0) is 34.3 Å². The van der Waals surface area contributed by atoms with E-state index in [1.165, 1.54) is 37.1 Å². The summed E-state index contributed by atoms with van der Waals surface area (Å²) < 4.78 is 2.35. The number of nitrogens with one attached hydrogen (secondary N) is 4. The van der Waals surface area contributed by atoms with Crippen molar-refractivity contribution in [3.8, 4) is 5.40 Å². The van der Waals surface area contributed by atoms with E-state index in [0.29, 0.717) is 10.2 Å². The van der Waals surface area contributed by atoms with E-state index in [-0.39, 0.29) is 74.5 Å². The number of thiocarbonyl (C=S) groups is 1. The molecule has 0 aliphatic rings. The number of rotatable bonds is 2. The van der Waals surface area contributed by atoms with Gasteiger partial charge in [0, 0.05) is 41.1 Å². The zero-order valence-electron chi connectivity index (χ0n) is 38.1. The quantitative estimate of drug-likeness (QED) is 0.0119. The number of benzene rings is 4. The first kappa shape index (κ1) is 61.7. The largest absolute Gasteiger partial charge is 1.00 e. The van der Waals surface area contributed by atoms with Crippen molar-refractivity contribution in [3.63, 3.8) is 0 Å². The Hall–Kier alpha value is -2.38. The zero-order chi connectivity index (χ0) is 47.4. The Morgan fingerprint density at radius 1 is 0.677 bits per heavy atom. The van der Waals surface area contributed by atoms with E-state index in [2.05, 4.69) is 193 Å². The molecule has 6 aromatic rings. The second kappa shape index (κ2) is 29.2. The minimum absolute atomic E-state index is 0. The van der Waals surface area contributed by atoms with Crippen LogP contribution < -0.4 is 85.2 Å². The molecule has 11 nitrogen and oxygen atoms in total. The smallest absolute Gasteiger partial charge is 0.696 e. The molecule has 0 fully saturated rings. The minimum atomic E-state index is 0. The Labute approximate surface area is 447 Å². The van der Waals surface area contributed by atoms with Crippen molar-refractivity contribution >= 4 is 123 Å². The third-order valence-electron chi connectivity index (χ3n) is 8.44. The first-order chi connectivity index (χ1) is 28.3. The van der Waals surface area contributed by atoms with Gasteiger partial charge in [0.25, 0.3) is 0 Å². The second-order valence-electron chi connectivity index (χ2n) is 17.4. The number of nitrogens with two attached hydrogens (primary N) is 4. The van der Waals surface area contributed by atoms with E-state index < -0.39 is 0 Å². The van der Waals surface area contributed by atoms with Crippen LogP contribution in [0.1, 0.15) is 107 Å². The molecule has 0 radical (unpaired) electrons. The van der Waals surface area contributed by atoms with Crippen molar-refractivity contribution in [2.24, 2.45) is 11.6 Å². The van der Waals surface area contributed by atoms with E-state index in [1.807, 2.05) is 36.4 Å². The number of hydrogen-bond acceptors (Lipinski definition) is 13. The summed E-state index contributed by atoms with van der Waals surface area (Å²) in [6.45, 7) is 26.4. The first-order valence-electron chi connectivity index (χ1n) is 18.8. The van der Waals surface area contributed by atoms with Gasteiger partial charge in [0.15, 0.2) is 15.4 Å². The summed E-state index contributed by atoms with van der Waals surface area (Å²) >= 11 is 17.1. The van der Waals surface area contributed by atoms with Gasteiger partial charge in [-0.2, -0.15) is 0 Å². The molecule has 0 saturated carbocycles. The molecule has 6 rings (SSSR count). The van der Waals surface area contributed by atoms with Gasteiger partial charge in [-0.05, 0) is 105 Å². The Morgan fingerprint density at radius 2 is 1.02 bits per heavy atom. The standard InChI is InChI=1S/C11H15N3S.C11H14N2S.C11H16N2S.C10H15N.CHNS.Br2.K.H2N2.H2/c1-11(2,3)7-4-5-8-9(6-7)15-10(13-8)14-12;1-11(2,3)7-4-5-8-9(6-7)14-10(12)13-8;1-11(2,3)8-4-6-9(7-5-8)13-10(12)14;1-10(2,3)8-4-6-9(11)7-5-8;2-1-3;1-2;;1-2;/h4-6H,12H2,1-3H3,(H,13,14);4-6H,1-3H3,(H2,12,13);4-7H,1-3H3,(H3,12,13,14);4-7H,11H2,1-3H3;3H;;;1-2H;1H/q;;;;;;+1;;/p-1. The summed E-state index contributed by atoms with van der Waals surface area (Å²) in [7, 11) is 0. The van der Waals surface area contributed by atoms with Crippen molar-refractivity contribution < 1.29 is 52.8 Å². The predicted octanol–water partition coefficient (Wildman–Crippen LogP) is 10.8. The first-order valence-corrected chi connectivity index (χ1v) is 24.9. The molecule has 18 heteroatoms. The normalized spacial score (nSPS) is 10.5. The summed E-state index contributed by atoms with van der Waals surface area (Å²) in [4.78, 5) is 8.57. The SMILES string of the molecule is BrBr.CC(C)(C)c1ccc(N)cc1.CC(C)(C)c1ccc(NC(N)=S)cc1.CC(C)(C)c1ccc2nc(N)sc2c1.CC(C)(C)c1ccc2nc(NN)sc2c1.N#C[S-].N=N.[HH].[K+]. The number of hydrazine groups is 1. The summed E-state index contributed by atoms with van der Waals surface area (Å²) in [6.07, 6.45) is 0. The number of nitriles is 1. The predicted molar refractivity (Wildman–Crippen MR) is 282 cm³/mol. The molecule has 62 heavy (non-hydrogen) atoms. The van der Waals surface area contributed by atoms with Crippen LogP contribution in [0.25, 0.3) is 20.4 Å². The molecule has 2 aromatic heterocycles. The maximum atomic E-state index is 7.13. The van der Waals surface area contributed by atoms with Gasteiger partial charge in [0.2, 0.25) is 0 Å². The number of nitrogens with zero attached hydrogens (tertiary/aromatic N) is 3. The molecule has 2 heterocycles. The number of halogens is 2. The second-order valence-corrected chi connectivity index (χ2v) is 20.1. The molecule has 0 amide bonds. The van der Waals surface area contributed by atoms with Crippen molar-refractivity contribution in [2.45, 2.75) is 105 Å². The van der Waals surface area contributed by atoms with Crippen LogP contribution >= 0.6 is 63.1 Å². The van der Waals surface area contributed by atoms with Crippen LogP contribution in [-0.4, -0.2) is 15.1 Å². The molecule has 0 atom stereocenters. The summed E-state index contributed by atoms with van der Waals surface area (Å²) in [6, 6.07) is 28.9. The van der Waals surface area contributed by atoms with E-state index in [1.54, 1.807) is 22.7 Å². The molecule has 0 unspecified atom stereocenters. The van der Waals surface area contributed by atoms with Gasteiger partial charge in [-0.15, -0.1) is 0 Å². The maximum Gasteiger partial charge on any atom is 1.00 e. The third-order valence-corrected chi connectivity index (χ3v) is 10.3. The van der Waals surface area contributed by atoms with Crippen molar-refractivity contribution in [3.05, 3.63) is 107 Å². The molecule has 0 aliphatic heterocycles. The van der Waals surface area contributed by atoms with Crippen molar-refractivity contribution in [1.82, 2.24) is 9.97 Å². The van der Waals surface area contributed by atoms with E-state index in [9.17, 15) is 0 Å². The van der Waals surface area contributed by atoms with Crippen LogP contribution in [0.2, 0.25) is 0 Å². The number of thiazole rings is 2. The molecular weight excluding hydrogens is 1010 g/mol. The fraction of sp³-hybridized carbons (Fsp3) is 0.364. The Kier molecular flexibility index (Phi) is 29.1. The van der Waals surface area contributed by atoms with Crippen LogP contribution in [0.3, 0.4) is 0 Å². The van der Waals surface area contributed by atoms with Crippen LogP contribution in [0, 0.1) is 21.7 Å². The Bertz CT molecular complexity index is 2260. The fourth-order valence-electron chi connectivity index (χ4n) is 5.04. The molecule has 0 spiro atoms. The number of hydrogen-bond donors (Lipinski definition) is 8. The monoisotopic (exact) mass is 1070 g/mol. The van der Waals surface area contributed by atoms with Gasteiger partial charge in [0.05, 0.1) is 20.4 Å². The Balaban J connectivity index is -0.000000722. The van der Waals surface area contributed by atoms with Crippen LogP contribution in [0.15, 0.2) is 84.9 Å². The van der Waals surface area contributed by atoms with Gasteiger partial charge in [-0.25, -0.2) is 32.1 Å². The van der Waals surface area contributed by atoms with Crippen LogP contribution in [0.5, 0.6) is 0 Å². The zero-order valence-corrected chi connectivity index (χ0v) is 47.7. The van der Waals surface area contributed by atoms with Gasteiger partial charge in [-0.3, -0.25) is 5.43 Å². The van der Waals surface area contributed by atoms with E-state index >= 15 is 0 Å². The molecular formula is C44H64Br2KN11S4. The molecule has 0 bridgehead atoms. The maximum absolute atomic E-state index is 7.13. The van der Waals surface area contributed by atoms with Crippen molar-refractivity contribution in [2.75, 3.05) is 22.2 Å². The molecule has 12 N–H and O–H groups in total. The van der Waals surface area contributed by atoms with E-state index in [4.69, 9.17) is 51.6 Å². The number of anilines is 4. The third kappa shape index (κ3) is 23.0. The number of nitrogen functional groups attached to an aromatic ring is 3. The number of thiocyanates is 1. The minimum Gasteiger partial charge on any atom is -0.696 e. The van der Waals surface area contributed by atoms with Gasteiger partial charge >= 0.3 is 51.4 Å². The van der Waals surface area contributed by atoms with Gasteiger partial charge < -0.3 is 35.1 Å². The molecule has 4 aromatic carbocycles. The van der Waals surface area contributed by atoms with E-state index in [0.717, 1.165) is 27.5 Å². The van der Waals surface area contributed by atoms with Crippen LogP contribution in [0.4, 0.5) is 21.6 Å². The molecule has 0 aliphatic carbocycles. The van der Waals surface area contributed by atoms with Gasteiger partial charge in [0.1, 0.15) is 0 Å². The summed E-state index contributed by atoms with van der Waals surface area (Å²) in [5.41, 5.74) is 39.0. The Morgan fingerprint density at radius 3 is 1.37 bits per heavy atom. The topological polar surface area (TPSA) is 225 Å². The van der Waals surface area contributed by atoms with Gasteiger partial charge in [-0.1, -0.05) is 148 Å². The summed E-state index contributed by atoms with van der Waals surface area (Å²) in [5.74, 6) is 5.34. The average molecular weight is 1070 g/mol. The number of fused-ring (bicyclic) bond motifs is 2. The average Bonchev–Trinajstić information content (AvgIpc) is 3.78. The number of aromatic nitrogens is 2. The fourth-order valence-corrected chi connectivity index (χ4v) is 6.75. The molecule has 0 saturated heterocycles.